The number of methoxy groups -OCH3 is 1. The van der Waals surface area contributed by atoms with E-state index in [-0.39, 0.29) is 11.6 Å². The molecule has 0 saturated carbocycles. The van der Waals surface area contributed by atoms with Gasteiger partial charge in [0.15, 0.2) is 5.82 Å². The molecule has 1 N–H and O–H groups in total. The second-order valence-electron chi connectivity index (χ2n) is 8.63. The van der Waals surface area contributed by atoms with E-state index in [0.29, 0.717) is 30.6 Å². The van der Waals surface area contributed by atoms with Gasteiger partial charge in [-0.05, 0) is 60.3 Å². The lowest BCUT2D eigenvalue weighted by molar-refractivity contribution is 0.0781. The Morgan fingerprint density at radius 3 is 3.03 bits per heavy atom. The number of H-pyrrole nitrogens is 1. The molecule has 9 nitrogen and oxygen atoms in total. The number of fused-ring (bicyclic) bond motifs is 2. The van der Waals surface area contributed by atoms with Crippen LogP contribution in [0.15, 0.2) is 29.1 Å². The molecule has 2 aliphatic heterocycles. The van der Waals surface area contributed by atoms with E-state index in [1.165, 1.54) is 19.4 Å². The van der Waals surface area contributed by atoms with Crippen LogP contribution in [-0.2, 0) is 11.3 Å². The molecular weight excluding hydrogens is 394 g/mol. The predicted octanol–water partition coefficient (Wildman–Crippen LogP) is 1.34. The number of pyridine rings is 1. The van der Waals surface area contributed by atoms with Gasteiger partial charge in [-0.1, -0.05) is 11.6 Å². The van der Waals surface area contributed by atoms with Gasteiger partial charge in [0.2, 0.25) is 0 Å². The molecule has 2 atom stereocenters. The van der Waals surface area contributed by atoms with Crippen LogP contribution in [0.1, 0.15) is 35.8 Å². The van der Waals surface area contributed by atoms with Gasteiger partial charge in [-0.2, -0.15) is 0 Å². The molecule has 0 unspecified atom stereocenters. The lowest BCUT2D eigenvalue weighted by atomic mass is 10.0. The van der Waals surface area contributed by atoms with Gasteiger partial charge in [-0.3, -0.25) is 14.6 Å². The summed E-state index contributed by atoms with van der Waals surface area (Å²) in [5.41, 5.74) is 2.61. The average molecular weight is 424 g/mol. The van der Waals surface area contributed by atoms with E-state index in [0.717, 1.165) is 36.1 Å². The quantitative estimate of drug-likeness (QED) is 0.640. The molecule has 0 aliphatic carbocycles. The summed E-state index contributed by atoms with van der Waals surface area (Å²) in [7, 11) is 1.66. The molecule has 0 radical (unpaired) electrons. The van der Waals surface area contributed by atoms with Crippen LogP contribution in [0.3, 0.4) is 0 Å². The fraction of sp³-hybridized carbons (Fsp3) is 0.545. The number of aromatic amines is 1. The first-order valence-corrected chi connectivity index (χ1v) is 11.0. The number of nitrogens with one attached hydrogen (secondary N) is 1. The molecule has 0 amide bonds. The molecule has 164 valence electrons. The molecule has 4 heterocycles. The van der Waals surface area contributed by atoms with E-state index < -0.39 is 0 Å². The fourth-order valence-corrected chi connectivity index (χ4v) is 5.04. The highest BCUT2D eigenvalue weighted by molar-refractivity contribution is 5.79. The van der Waals surface area contributed by atoms with Crippen molar-refractivity contribution < 1.29 is 4.74 Å². The Bertz CT molecular complexity index is 1120. The molecular formula is C22H29N7O2. The molecule has 2 fully saturated rings. The van der Waals surface area contributed by atoms with Gasteiger partial charge in [0.1, 0.15) is 6.04 Å². The number of ether oxygens (including phenoxy) is 1. The van der Waals surface area contributed by atoms with Gasteiger partial charge in [0, 0.05) is 43.9 Å². The summed E-state index contributed by atoms with van der Waals surface area (Å²) in [5, 5.41) is 13.5. The summed E-state index contributed by atoms with van der Waals surface area (Å²) in [6, 6.07) is 8.33. The molecule has 9 heteroatoms. The summed E-state index contributed by atoms with van der Waals surface area (Å²) < 4.78 is 7.02. The highest BCUT2D eigenvalue weighted by Crippen LogP contribution is 2.31. The first-order chi connectivity index (χ1) is 15.1. The number of tetrazole rings is 1. The highest BCUT2D eigenvalue weighted by Gasteiger charge is 2.37. The zero-order valence-corrected chi connectivity index (χ0v) is 18.1. The monoisotopic (exact) mass is 423 g/mol. The van der Waals surface area contributed by atoms with Crippen LogP contribution in [0.4, 0.5) is 0 Å². The Labute approximate surface area is 181 Å². The molecule has 2 saturated heterocycles. The number of piperazine rings is 1. The number of rotatable bonds is 6. The Morgan fingerprint density at radius 2 is 2.16 bits per heavy atom. The lowest BCUT2D eigenvalue weighted by Crippen LogP contribution is -2.52. The normalized spacial score (nSPS) is 20.9. The van der Waals surface area contributed by atoms with Crippen molar-refractivity contribution >= 4 is 10.9 Å². The molecule has 3 aromatic rings. The van der Waals surface area contributed by atoms with Crippen LogP contribution in [-0.4, -0.2) is 80.9 Å². The molecule has 31 heavy (non-hydrogen) atoms. The number of hydrogen-bond acceptors (Lipinski definition) is 7. The first-order valence-electron chi connectivity index (χ1n) is 11.0. The third-order valence-corrected chi connectivity index (χ3v) is 6.62. The van der Waals surface area contributed by atoms with Gasteiger partial charge < -0.3 is 9.72 Å². The predicted molar refractivity (Wildman–Crippen MR) is 117 cm³/mol. The molecule has 0 spiro atoms. The van der Waals surface area contributed by atoms with Crippen LogP contribution in [0, 0.1) is 6.92 Å². The van der Waals surface area contributed by atoms with Crippen LogP contribution in [0.25, 0.3) is 10.9 Å². The zero-order valence-electron chi connectivity index (χ0n) is 18.1. The van der Waals surface area contributed by atoms with E-state index in [4.69, 9.17) is 4.74 Å². The second-order valence-corrected chi connectivity index (χ2v) is 8.63. The van der Waals surface area contributed by atoms with Gasteiger partial charge in [0.25, 0.3) is 5.56 Å². The standard InChI is InChI=1S/C22H29N7O2/c1-15-5-6-19-16(12-15)13-18(22(30)23-19)20(21-24-25-26-29(21)10-11-31-2)28-9-8-27-7-3-4-17(27)14-28/h5-6,12-13,17,20H,3-4,7-11,14H2,1-2H3,(H,23,30)/t17-,20+/m0/s1. The van der Waals surface area contributed by atoms with E-state index >= 15 is 0 Å². The third-order valence-electron chi connectivity index (χ3n) is 6.62. The van der Waals surface area contributed by atoms with Crippen molar-refractivity contribution in [1.29, 1.82) is 0 Å². The minimum absolute atomic E-state index is 0.0866. The molecule has 0 bridgehead atoms. The summed E-state index contributed by atoms with van der Waals surface area (Å²) in [5.74, 6) is 0.695. The Hall–Kier alpha value is -2.62. The average Bonchev–Trinajstić information content (AvgIpc) is 3.42. The van der Waals surface area contributed by atoms with E-state index in [9.17, 15) is 4.79 Å². The number of aromatic nitrogens is 5. The van der Waals surface area contributed by atoms with Crippen molar-refractivity contribution in [2.75, 3.05) is 39.9 Å². The van der Waals surface area contributed by atoms with Gasteiger partial charge in [0.05, 0.1) is 13.2 Å². The first kappa shape index (κ1) is 20.3. The molecule has 1 aromatic carbocycles. The van der Waals surface area contributed by atoms with Gasteiger partial charge >= 0.3 is 0 Å². The van der Waals surface area contributed by atoms with Crippen LogP contribution in [0.5, 0.6) is 0 Å². The molecule has 2 aliphatic rings. The topological polar surface area (TPSA) is 92.2 Å². The zero-order chi connectivity index (χ0) is 21.4. The van der Waals surface area contributed by atoms with E-state index in [2.05, 4.69) is 43.3 Å². The number of benzene rings is 1. The molecule has 2 aromatic heterocycles. The van der Waals surface area contributed by atoms with Crippen LogP contribution < -0.4 is 5.56 Å². The minimum Gasteiger partial charge on any atom is -0.383 e. The van der Waals surface area contributed by atoms with Crippen molar-refractivity contribution in [3.8, 4) is 0 Å². The Kier molecular flexibility index (Phi) is 5.56. The van der Waals surface area contributed by atoms with Crippen LogP contribution >= 0.6 is 0 Å². The van der Waals surface area contributed by atoms with Crippen molar-refractivity contribution in [2.24, 2.45) is 0 Å². The van der Waals surface area contributed by atoms with Crippen molar-refractivity contribution in [3.63, 3.8) is 0 Å². The SMILES string of the molecule is COCCn1nnnc1[C@@H](c1cc2cc(C)ccc2[nH]c1=O)N1CCN2CCC[C@H]2C1. The van der Waals surface area contributed by atoms with Crippen molar-refractivity contribution in [3.05, 3.63) is 51.6 Å². The second kappa shape index (κ2) is 8.49. The fourth-order valence-electron chi connectivity index (χ4n) is 5.04. The largest absolute Gasteiger partial charge is 0.383 e. The smallest absolute Gasteiger partial charge is 0.253 e. The van der Waals surface area contributed by atoms with Crippen molar-refractivity contribution in [1.82, 2.24) is 35.0 Å². The maximum Gasteiger partial charge on any atom is 0.253 e. The minimum atomic E-state index is -0.303. The number of aryl methyl sites for hydroxylation is 1. The summed E-state index contributed by atoms with van der Waals surface area (Å²) in [6.07, 6.45) is 2.44. The maximum absolute atomic E-state index is 13.3. The number of nitrogens with zero attached hydrogens (tertiary/aromatic N) is 6. The third kappa shape index (κ3) is 3.88. The van der Waals surface area contributed by atoms with Gasteiger partial charge in [-0.25, -0.2) is 4.68 Å². The van der Waals surface area contributed by atoms with Crippen molar-refractivity contribution in [2.45, 2.75) is 38.4 Å². The Morgan fingerprint density at radius 1 is 1.26 bits per heavy atom. The van der Waals surface area contributed by atoms with Gasteiger partial charge in [-0.15, -0.1) is 5.10 Å². The van der Waals surface area contributed by atoms with E-state index in [1.807, 2.05) is 18.2 Å². The summed E-state index contributed by atoms with van der Waals surface area (Å²) in [6.45, 7) is 7.08. The Balaban J connectivity index is 1.60. The lowest BCUT2D eigenvalue weighted by Gasteiger charge is -2.41. The maximum atomic E-state index is 13.3. The van der Waals surface area contributed by atoms with Crippen LogP contribution in [0.2, 0.25) is 0 Å². The number of hydrogen-bond donors (Lipinski definition) is 1. The summed E-state index contributed by atoms with van der Waals surface area (Å²) >= 11 is 0. The highest BCUT2D eigenvalue weighted by atomic mass is 16.5. The van der Waals surface area contributed by atoms with E-state index in [1.54, 1.807) is 11.8 Å². The molecule has 5 rings (SSSR count). The summed E-state index contributed by atoms with van der Waals surface area (Å²) in [4.78, 5) is 21.3.